The second kappa shape index (κ2) is 6.38. The van der Waals surface area contributed by atoms with Gasteiger partial charge < -0.3 is 9.32 Å². The number of carbonyl (C=O) groups is 1. The number of rotatable bonds is 4. The van der Waals surface area contributed by atoms with Crippen LogP contribution in [0.2, 0.25) is 0 Å². The van der Waals surface area contributed by atoms with Gasteiger partial charge in [-0.05, 0) is 20.4 Å². The number of alkyl halides is 3. The molecule has 0 spiro atoms. The van der Waals surface area contributed by atoms with Gasteiger partial charge in [-0.15, -0.1) is 0 Å². The second-order valence-electron chi connectivity index (χ2n) is 7.33. The normalized spacial score (nSPS) is 21.0. The fourth-order valence-corrected chi connectivity index (χ4v) is 2.75. The van der Waals surface area contributed by atoms with Crippen LogP contribution in [0.15, 0.2) is 10.6 Å². The van der Waals surface area contributed by atoms with E-state index in [0.29, 0.717) is 12.3 Å². The molecule has 5 nitrogen and oxygen atoms in total. The highest BCUT2D eigenvalue weighted by molar-refractivity contribution is 5.84. The molecule has 136 valence electrons. The van der Waals surface area contributed by atoms with Crippen LogP contribution in [-0.2, 0) is 10.2 Å². The Hall–Kier alpha value is -1.57. The lowest BCUT2D eigenvalue weighted by atomic mass is 9.94. The largest absolute Gasteiger partial charge is 0.443 e. The van der Waals surface area contributed by atoms with Crippen molar-refractivity contribution in [2.75, 3.05) is 20.1 Å². The summed E-state index contributed by atoms with van der Waals surface area (Å²) in [4.78, 5) is 19.1. The number of aromatic nitrogens is 1. The molecular weight excluding hydrogens is 323 g/mol. The molecule has 0 aliphatic carbocycles. The molecule has 0 unspecified atom stereocenters. The van der Waals surface area contributed by atoms with Crippen LogP contribution >= 0.6 is 0 Å². The van der Waals surface area contributed by atoms with Crippen LogP contribution in [0, 0.1) is 0 Å². The van der Waals surface area contributed by atoms with Crippen molar-refractivity contribution in [1.29, 1.82) is 0 Å². The van der Waals surface area contributed by atoms with E-state index in [9.17, 15) is 18.0 Å². The summed E-state index contributed by atoms with van der Waals surface area (Å²) in [6.07, 6.45) is -2.35. The predicted octanol–water partition coefficient (Wildman–Crippen LogP) is 3.13. The lowest BCUT2D eigenvalue weighted by Crippen LogP contribution is -2.43. The Bertz CT molecular complexity index is 592. The number of halogens is 3. The summed E-state index contributed by atoms with van der Waals surface area (Å²) < 4.78 is 43.3. The molecule has 0 bridgehead atoms. The number of likely N-dealkylation sites (N-methyl/N-ethyl adjacent to an activating group) is 1. The molecule has 1 aliphatic rings. The summed E-state index contributed by atoms with van der Waals surface area (Å²) in [6.45, 7) is 6.75. The Morgan fingerprint density at radius 3 is 2.54 bits per heavy atom. The molecule has 1 aromatic heterocycles. The molecule has 1 aromatic rings. The highest BCUT2D eigenvalue weighted by Crippen LogP contribution is 2.30. The SMILES string of the molecule is C[C@@H](c1ncc(C(C)(C)C)o1)N(C)[C@H]1CCN(CC(F)(F)F)C1=O. The van der Waals surface area contributed by atoms with E-state index in [4.69, 9.17) is 4.42 Å². The van der Waals surface area contributed by atoms with Crippen molar-refractivity contribution in [1.82, 2.24) is 14.8 Å². The molecule has 1 amide bonds. The Morgan fingerprint density at radius 1 is 1.42 bits per heavy atom. The molecule has 0 aromatic carbocycles. The molecule has 0 saturated carbocycles. The van der Waals surface area contributed by atoms with E-state index in [2.05, 4.69) is 4.98 Å². The number of likely N-dealkylation sites (tertiary alicyclic amines) is 1. The van der Waals surface area contributed by atoms with Crippen LogP contribution < -0.4 is 0 Å². The van der Waals surface area contributed by atoms with Gasteiger partial charge in [-0.25, -0.2) is 4.98 Å². The maximum absolute atomic E-state index is 12.5. The minimum atomic E-state index is -4.38. The zero-order valence-electron chi connectivity index (χ0n) is 14.6. The average Bonchev–Trinajstić information content (AvgIpc) is 3.04. The number of nitrogens with zero attached hydrogens (tertiary/aromatic N) is 3. The maximum Gasteiger partial charge on any atom is 0.406 e. The van der Waals surface area contributed by atoms with Gasteiger partial charge >= 0.3 is 6.18 Å². The van der Waals surface area contributed by atoms with Crippen LogP contribution in [0.4, 0.5) is 13.2 Å². The quantitative estimate of drug-likeness (QED) is 0.840. The van der Waals surface area contributed by atoms with Crippen LogP contribution in [0.5, 0.6) is 0 Å². The van der Waals surface area contributed by atoms with E-state index in [1.54, 1.807) is 18.1 Å². The minimum Gasteiger partial charge on any atom is -0.443 e. The molecule has 1 saturated heterocycles. The summed E-state index contributed by atoms with van der Waals surface area (Å²) in [7, 11) is 1.71. The van der Waals surface area contributed by atoms with Crippen molar-refractivity contribution in [2.24, 2.45) is 0 Å². The van der Waals surface area contributed by atoms with E-state index < -0.39 is 24.7 Å². The number of amides is 1. The second-order valence-corrected chi connectivity index (χ2v) is 7.33. The predicted molar refractivity (Wildman–Crippen MR) is 82.4 cm³/mol. The number of oxazole rings is 1. The van der Waals surface area contributed by atoms with Crippen molar-refractivity contribution in [3.8, 4) is 0 Å². The topological polar surface area (TPSA) is 49.6 Å². The summed E-state index contributed by atoms with van der Waals surface area (Å²) in [5.74, 6) is 0.697. The molecule has 2 heterocycles. The van der Waals surface area contributed by atoms with Crippen LogP contribution in [0.3, 0.4) is 0 Å². The van der Waals surface area contributed by atoms with E-state index in [1.807, 2.05) is 27.7 Å². The monoisotopic (exact) mass is 347 g/mol. The standard InChI is InChI=1S/C16H24F3N3O2/c1-10(13-20-8-12(24-13)15(2,3)4)21(5)11-6-7-22(14(11)23)9-16(17,18)19/h8,10-11H,6-7,9H2,1-5H3/t10-,11-/m0/s1. The molecule has 0 N–H and O–H groups in total. The van der Waals surface area contributed by atoms with Crippen molar-refractivity contribution >= 4 is 5.91 Å². The maximum atomic E-state index is 12.5. The average molecular weight is 347 g/mol. The van der Waals surface area contributed by atoms with E-state index in [-0.39, 0.29) is 18.0 Å². The fraction of sp³-hybridized carbons (Fsp3) is 0.750. The zero-order valence-corrected chi connectivity index (χ0v) is 14.6. The summed E-state index contributed by atoms with van der Waals surface area (Å²) >= 11 is 0. The van der Waals surface area contributed by atoms with Gasteiger partial charge in [0.05, 0.1) is 18.3 Å². The summed E-state index contributed by atoms with van der Waals surface area (Å²) in [5, 5.41) is 0. The van der Waals surface area contributed by atoms with E-state index in [1.165, 1.54) is 0 Å². The molecule has 1 aliphatic heterocycles. The van der Waals surface area contributed by atoms with Crippen LogP contribution in [-0.4, -0.2) is 53.0 Å². The van der Waals surface area contributed by atoms with Crippen molar-refractivity contribution in [3.05, 3.63) is 17.8 Å². The smallest absolute Gasteiger partial charge is 0.406 e. The first-order chi connectivity index (χ1) is 10.9. The molecular formula is C16H24F3N3O2. The van der Waals surface area contributed by atoms with E-state index in [0.717, 1.165) is 10.7 Å². The van der Waals surface area contributed by atoms with E-state index >= 15 is 0 Å². The number of carbonyl (C=O) groups excluding carboxylic acids is 1. The molecule has 2 rings (SSSR count). The molecule has 8 heteroatoms. The third-order valence-electron chi connectivity index (χ3n) is 4.36. The summed E-state index contributed by atoms with van der Waals surface area (Å²) in [5.41, 5.74) is -0.184. The molecule has 2 atom stereocenters. The fourth-order valence-electron chi connectivity index (χ4n) is 2.75. The first kappa shape index (κ1) is 18.8. The van der Waals surface area contributed by atoms with Crippen LogP contribution in [0.25, 0.3) is 0 Å². The first-order valence-electron chi connectivity index (χ1n) is 7.94. The lowest BCUT2D eigenvalue weighted by Gasteiger charge is -2.28. The van der Waals surface area contributed by atoms with Gasteiger partial charge in [-0.1, -0.05) is 20.8 Å². The van der Waals surface area contributed by atoms with Gasteiger partial charge in [-0.2, -0.15) is 13.2 Å². The highest BCUT2D eigenvalue weighted by Gasteiger charge is 2.42. The van der Waals surface area contributed by atoms with Crippen molar-refractivity contribution < 1.29 is 22.4 Å². The third kappa shape index (κ3) is 4.09. The Kier molecular flexibility index (Phi) is 4.99. The first-order valence-corrected chi connectivity index (χ1v) is 7.94. The molecule has 0 radical (unpaired) electrons. The lowest BCUT2D eigenvalue weighted by molar-refractivity contribution is -0.159. The Labute approximate surface area is 139 Å². The Balaban J connectivity index is 2.07. The zero-order chi connectivity index (χ0) is 18.3. The third-order valence-corrected chi connectivity index (χ3v) is 4.36. The van der Waals surface area contributed by atoms with Gasteiger partial charge in [0.1, 0.15) is 12.3 Å². The molecule has 1 fully saturated rings. The summed E-state index contributed by atoms with van der Waals surface area (Å²) in [6, 6.07) is -0.895. The van der Waals surface area contributed by atoms with Crippen molar-refractivity contribution in [3.63, 3.8) is 0 Å². The van der Waals surface area contributed by atoms with Crippen LogP contribution in [0.1, 0.15) is 51.8 Å². The van der Waals surface area contributed by atoms with Gasteiger partial charge in [0, 0.05) is 12.0 Å². The van der Waals surface area contributed by atoms with Gasteiger partial charge in [-0.3, -0.25) is 9.69 Å². The Morgan fingerprint density at radius 2 is 2.04 bits per heavy atom. The van der Waals surface area contributed by atoms with Gasteiger partial charge in [0.25, 0.3) is 0 Å². The number of hydrogen-bond donors (Lipinski definition) is 0. The van der Waals surface area contributed by atoms with Crippen molar-refractivity contribution in [2.45, 2.75) is 57.8 Å². The number of hydrogen-bond acceptors (Lipinski definition) is 4. The van der Waals surface area contributed by atoms with Gasteiger partial charge in [0.15, 0.2) is 0 Å². The molecule has 24 heavy (non-hydrogen) atoms. The highest BCUT2D eigenvalue weighted by atomic mass is 19.4. The van der Waals surface area contributed by atoms with Gasteiger partial charge in [0.2, 0.25) is 11.8 Å². The minimum absolute atomic E-state index is 0.110.